The summed E-state index contributed by atoms with van der Waals surface area (Å²) in [6.07, 6.45) is 1.61. The van der Waals surface area contributed by atoms with Crippen LogP contribution >= 0.6 is 11.6 Å². The number of rotatable bonds is 2. The van der Waals surface area contributed by atoms with Crippen LogP contribution in [-0.4, -0.2) is 17.1 Å². The normalized spacial score (nSPS) is 10.8. The Morgan fingerprint density at radius 1 is 1.41 bits per heavy atom. The molecule has 1 rings (SSSR count). The summed E-state index contributed by atoms with van der Waals surface area (Å²) in [5, 5.41) is 2.02. The molecule has 1 N–H and O–H groups in total. The fourth-order valence-corrected chi connectivity index (χ4v) is 1.44. The summed E-state index contributed by atoms with van der Waals surface area (Å²) in [7, 11) is 0. The van der Waals surface area contributed by atoms with Crippen molar-refractivity contribution in [3.05, 3.63) is 42.0 Å². The molecule has 0 fully saturated rings. The first-order valence-electron chi connectivity index (χ1n) is 4.82. The Morgan fingerprint density at radius 3 is 2.65 bits per heavy atom. The predicted molar refractivity (Wildman–Crippen MR) is 68.1 cm³/mol. The van der Waals surface area contributed by atoms with Crippen LogP contribution in [0.3, 0.4) is 0 Å². The fourth-order valence-electron chi connectivity index (χ4n) is 1.19. The molecule has 1 aromatic rings. The zero-order valence-corrected chi connectivity index (χ0v) is 9.99. The summed E-state index contributed by atoms with van der Waals surface area (Å²) in [5.41, 5.74) is 1.35. The van der Waals surface area contributed by atoms with Gasteiger partial charge in [0.1, 0.15) is 5.17 Å². The number of hydrogen-bond acceptors (Lipinski definition) is 2. The molecule has 0 aliphatic heterocycles. The van der Waals surface area contributed by atoms with Crippen LogP contribution in [0.25, 0.3) is 6.08 Å². The molecule has 4 nitrogen and oxygen atoms in total. The van der Waals surface area contributed by atoms with Crippen LogP contribution in [0.5, 0.6) is 0 Å². The molecule has 1 aromatic carbocycles. The first kappa shape index (κ1) is 13.1. The highest BCUT2D eigenvalue weighted by Crippen LogP contribution is 2.13. The van der Waals surface area contributed by atoms with Crippen LogP contribution in [-0.2, 0) is 4.79 Å². The van der Waals surface area contributed by atoms with Gasteiger partial charge in [-0.25, -0.2) is 4.79 Å². The lowest BCUT2D eigenvalue weighted by molar-refractivity contribution is -0.117. The molecule has 0 aromatic heterocycles. The molecule has 0 unspecified atom stereocenters. The lowest BCUT2D eigenvalue weighted by atomic mass is 10.1. The number of imide groups is 1. The Morgan fingerprint density at radius 2 is 2.06 bits per heavy atom. The fraction of sp³-hybridized carbons (Fsp3) is 0.0833. The highest BCUT2D eigenvalue weighted by atomic mass is 35.5. The number of carbonyl (C=O) groups excluding carboxylic acids is 2. The van der Waals surface area contributed by atoms with Crippen LogP contribution in [0, 0.1) is 0 Å². The van der Waals surface area contributed by atoms with Gasteiger partial charge in [0, 0.05) is 12.5 Å². The van der Waals surface area contributed by atoms with Crippen LogP contribution < -0.4 is 5.32 Å². The van der Waals surface area contributed by atoms with Gasteiger partial charge in [0.2, 0.25) is 5.91 Å². The van der Waals surface area contributed by atoms with Gasteiger partial charge < -0.3 is 0 Å². The third-order valence-electron chi connectivity index (χ3n) is 1.89. The number of hydrogen-bond donors (Lipinski definition) is 1. The number of carbonyl (C=O) groups is 2. The molecular formula is C12H11ClN2O2. The molecule has 0 aliphatic rings. The molecule has 17 heavy (non-hydrogen) atoms. The van der Waals surface area contributed by atoms with Crippen LogP contribution in [0.2, 0.25) is 0 Å². The van der Waals surface area contributed by atoms with E-state index in [1.807, 2.05) is 11.4 Å². The molecule has 88 valence electrons. The van der Waals surface area contributed by atoms with E-state index in [1.54, 1.807) is 24.3 Å². The number of amides is 3. The highest BCUT2D eigenvalue weighted by molar-refractivity contribution is 6.70. The monoisotopic (exact) mass is 250 g/mol. The Hall–Kier alpha value is -1.94. The minimum absolute atomic E-state index is 0.0132. The van der Waals surface area contributed by atoms with E-state index in [9.17, 15) is 9.59 Å². The second kappa shape index (κ2) is 5.96. The van der Waals surface area contributed by atoms with E-state index in [-0.39, 0.29) is 5.17 Å². The summed E-state index contributed by atoms with van der Waals surface area (Å²) in [4.78, 5) is 25.4. The second-order valence-corrected chi connectivity index (χ2v) is 3.54. The first-order chi connectivity index (χ1) is 8.04. The van der Waals surface area contributed by atoms with Gasteiger partial charge in [-0.1, -0.05) is 48.5 Å². The SMILES string of the molecule is C=Cc1ccccc1C(Cl)=NC(=O)NC(C)=O. The maximum atomic E-state index is 11.2. The van der Waals surface area contributed by atoms with Crippen LogP contribution in [0.4, 0.5) is 4.79 Å². The predicted octanol–water partition coefficient (Wildman–Crippen LogP) is 2.57. The smallest absolute Gasteiger partial charge is 0.276 e. The van der Waals surface area contributed by atoms with Gasteiger partial charge in [0.25, 0.3) is 0 Å². The number of nitrogens with one attached hydrogen (secondary N) is 1. The number of nitrogens with zero attached hydrogens (tertiary/aromatic N) is 1. The topological polar surface area (TPSA) is 58.5 Å². The lowest BCUT2D eigenvalue weighted by Gasteiger charge is -2.03. The number of benzene rings is 1. The average molecular weight is 251 g/mol. The van der Waals surface area contributed by atoms with Gasteiger partial charge >= 0.3 is 6.03 Å². The minimum atomic E-state index is -0.790. The van der Waals surface area contributed by atoms with Gasteiger partial charge in [-0.2, -0.15) is 4.99 Å². The van der Waals surface area contributed by atoms with Gasteiger partial charge in [-0.05, 0) is 5.56 Å². The van der Waals surface area contributed by atoms with Gasteiger partial charge in [0.05, 0.1) is 0 Å². The summed E-state index contributed by atoms with van der Waals surface area (Å²) in [6, 6.07) is 6.30. The van der Waals surface area contributed by atoms with E-state index in [4.69, 9.17) is 11.6 Å². The average Bonchev–Trinajstić information content (AvgIpc) is 2.27. The second-order valence-electron chi connectivity index (χ2n) is 3.18. The van der Waals surface area contributed by atoms with E-state index in [1.165, 1.54) is 6.92 Å². The highest BCUT2D eigenvalue weighted by Gasteiger charge is 2.07. The van der Waals surface area contributed by atoms with Gasteiger partial charge in [0.15, 0.2) is 0 Å². The Bertz CT molecular complexity index is 495. The molecular weight excluding hydrogens is 240 g/mol. The summed E-state index contributed by atoms with van der Waals surface area (Å²) >= 11 is 5.90. The van der Waals surface area contributed by atoms with Crippen molar-refractivity contribution in [2.75, 3.05) is 0 Å². The van der Waals surface area contributed by atoms with E-state index < -0.39 is 11.9 Å². The third-order valence-corrected chi connectivity index (χ3v) is 2.17. The van der Waals surface area contributed by atoms with Crippen molar-refractivity contribution in [2.24, 2.45) is 4.99 Å². The first-order valence-corrected chi connectivity index (χ1v) is 5.20. The van der Waals surface area contributed by atoms with E-state index in [2.05, 4.69) is 11.6 Å². The maximum absolute atomic E-state index is 11.2. The van der Waals surface area contributed by atoms with Crippen LogP contribution in [0.1, 0.15) is 18.1 Å². The zero-order valence-electron chi connectivity index (χ0n) is 9.24. The minimum Gasteiger partial charge on any atom is -0.276 e. The summed E-state index contributed by atoms with van der Waals surface area (Å²) in [6.45, 7) is 4.85. The largest absolute Gasteiger partial charge is 0.349 e. The molecule has 0 saturated carbocycles. The van der Waals surface area contributed by atoms with Crippen molar-refractivity contribution in [1.82, 2.24) is 5.32 Å². The van der Waals surface area contributed by atoms with Crippen LogP contribution in [0.15, 0.2) is 35.8 Å². The standard InChI is InChI=1S/C12H11ClN2O2/c1-3-9-6-4-5-7-10(9)11(13)15-12(17)14-8(2)16/h3-7H,1H2,2H3,(H,14,16,17). The molecule has 0 spiro atoms. The Kier molecular flexibility index (Phi) is 4.60. The Labute approximate surface area is 104 Å². The molecule has 0 bridgehead atoms. The van der Waals surface area contributed by atoms with Gasteiger partial charge in [-0.3, -0.25) is 10.1 Å². The molecule has 0 saturated heterocycles. The summed E-state index contributed by atoms with van der Waals surface area (Å²) < 4.78 is 0. The van der Waals surface area contributed by atoms with Crippen molar-refractivity contribution in [3.63, 3.8) is 0 Å². The van der Waals surface area contributed by atoms with Crippen molar-refractivity contribution >= 4 is 34.8 Å². The Balaban J connectivity index is 2.99. The summed E-state index contributed by atoms with van der Waals surface area (Å²) in [5.74, 6) is -0.486. The molecule has 0 heterocycles. The van der Waals surface area contributed by atoms with Gasteiger partial charge in [-0.15, -0.1) is 0 Å². The third kappa shape index (κ3) is 3.85. The quantitative estimate of drug-likeness (QED) is 0.820. The molecule has 0 atom stereocenters. The number of halogens is 1. The van der Waals surface area contributed by atoms with E-state index >= 15 is 0 Å². The molecule has 0 radical (unpaired) electrons. The van der Waals surface area contributed by atoms with Crippen molar-refractivity contribution in [1.29, 1.82) is 0 Å². The van der Waals surface area contributed by atoms with Crippen molar-refractivity contribution in [3.8, 4) is 0 Å². The van der Waals surface area contributed by atoms with Crippen molar-refractivity contribution in [2.45, 2.75) is 6.92 Å². The van der Waals surface area contributed by atoms with E-state index in [0.29, 0.717) is 5.56 Å². The molecule has 0 aliphatic carbocycles. The van der Waals surface area contributed by atoms with Crippen molar-refractivity contribution < 1.29 is 9.59 Å². The number of urea groups is 1. The van der Waals surface area contributed by atoms with E-state index in [0.717, 1.165) is 5.56 Å². The molecule has 3 amide bonds. The number of aliphatic imine (C=N–C) groups is 1. The lowest BCUT2D eigenvalue weighted by Crippen LogP contribution is -2.25. The zero-order chi connectivity index (χ0) is 12.8. The molecule has 5 heteroatoms. The maximum Gasteiger partial charge on any atom is 0.349 e.